The van der Waals surface area contributed by atoms with Crippen molar-refractivity contribution >= 4 is 50.9 Å². The van der Waals surface area contributed by atoms with E-state index in [-0.39, 0.29) is 40.1 Å². The molecule has 2 amide bonds. The third-order valence-electron chi connectivity index (χ3n) is 3.58. The van der Waals surface area contributed by atoms with Crippen molar-refractivity contribution in [3.63, 3.8) is 0 Å². The number of amides is 2. The Morgan fingerprint density at radius 3 is 2.67 bits per heavy atom. The molecule has 1 saturated heterocycles. The van der Waals surface area contributed by atoms with Crippen LogP contribution in [-0.2, 0) is 11.4 Å². The number of benzene rings is 1. The number of nitrogens with two attached hydrogens (primary N) is 1. The molecule has 4 N–H and O–H groups in total. The molecular weight excluding hydrogens is 438 g/mol. The lowest BCUT2D eigenvalue weighted by atomic mass is 10.2. The Balaban J connectivity index is 1.81. The van der Waals surface area contributed by atoms with Crippen LogP contribution in [0.2, 0.25) is 0 Å². The van der Waals surface area contributed by atoms with Gasteiger partial charge >= 0.3 is 0 Å². The number of imide groups is 1. The van der Waals surface area contributed by atoms with Gasteiger partial charge in [0.05, 0.1) is 4.91 Å². The van der Waals surface area contributed by atoms with Gasteiger partial charge in [0, 0.05) is 29.5 Å². The smallest absolute Gasteiger partial charge is 0.293 e. The van der Waals surface area contributed by atoms with Crippen molar-refractivity contribution in [2.24, 2.45) is 5.84 Å². The van der Waals surface area contributed by atoms with Gasteiger partial charge in [-0.1, -0.05) is 15.9 Å². The number of ether oxygens (including phenoxy) is 1. The van der Waals surface area contributed by atoms with E-state index in [0.29, 0.717) is 15.6 Å². The fraction of sp³-hybridized carbons (Fsp3) is 0.125. The number of nitrogen functional groups attached to an aromatic ring is 1. The molecule has 0 bridgehead atoms. The van der Waals surface area contributed by atoms with E-state index >= 15 is 0 Å². The van der Waals surface area contributed by atoms with Gasteiger partial charge in [0.2, 0.25) is 5.95 Å². The first-order chi connectivity index (χ1) is 12.9. The summed E-state index contributed by atoms with van der Waals surface area (Å²) in [5, 5.41) is 9.77. The van der Waals surface area contributed by atoms with E-state index in [4.69, 9.17) is 10.6 Å². The standard InChI is InChI=1S/C16H14BrN5O4S/c1-22-14(24)13(27-16(22)25)3-9-2-12(11(23)4-10(9)17)26-7-8-5-19-15(21-18)20-6-8/h2-6,23H,7,18H2,1H3,(H,19,20,21)/b13-3-. The zero-order chi connectivity index (χ0) is 19.6. The van der Waals surface area contributed by atoms with Crippen LogP contribution < -0.4 is 16.0 Å². The highest BCUT2D eigenvalue weighted by atomic mass is 79.9. The predicted octanol–water partition coefficient (Wildman–Crippen LogP) is 2.48. The molecule has 0 saturated carbocycles. The number of carbonyl (C=O) groups excluding carboxylic acids is 2. The minimum atomic E-state index is -0.377. The van der Waals surface area contributed by atoms with Crippen molar-refractivity contribution < 1.29 is 19.4 Å². The number of phenolic OH excluding ortho intramolecular Hbond substituents is 1. The number of anilines is 1. The lowest BCUT2D eigenvalue weighted by Crippen LogP contribution is -2.22. The second-order valence-electron chi connectivity index (χ2n) is 5.43. The number of hydrogen-bond acceptors (Lipinski definition) is 9. The molecule has 1 fully saturated rings. The van der Waals surface area contributed by atoms with Crippen LogP contribution in [-0.4, -0.2) is 38.2 Å². The van der Waals surface area contributed by atoms with Crippen LogP contribution in [0.3, 0.4) is 0 Å². The SMILES string of the molecule is CN1C(=O)S/C(=C\c2cc(OCc3cnc(NN)nc3)c(O)cc2Br)C1=O. The van der Waals surface area contributed by atoms with E-state index in [1.165, 1.54) is 25.5 Å². The molecule has 0 atom stereocenters. The first-order valence-electron chi connectivity index (χ1n) is 7.53. The van der Waals surface area contributed by atoms with Gasteiger partial charge in [-0.3, -0.25) is 19.9 Å². The number of halogens is 1. The lowest BCUT2D eigenvalue weighted by molar-refractivity contribution is -0.121. The van der Waals surface area contributed by atoms with Crippen molar-refractivity contribution in [3.05, 3.63) is 45.0 Å². The summed E-state index contributed by atoms with van der Waals surface area (Å²) in [5.74, 6) is 5.24. The van der Waals surface area contributed by atoms with Crippen LogP contribution in [0.15, 0.2) is 33.9 Å². The molecule has 1 aromatic carbocycles. The summed E-state index contributed by atoms with van der Waals surface area (Å²) in [6, 6.07) is 3.02. The number of aromatic nitrogens is 2. The van der Waals surface area contributed by atoms with Crippen LogP contribution in [0.25, 0.3) is 6.08 Å². The van der Waals surface area contributed by atoms with E-state index in [0.717, 1.165) is 16.7 Å². The Morgan fingerprint density at radius 2 is 2.07 bits per heavy atom. The molecule has 0 radical (unpaired) electrons. The minimum Gasteiger partial charge on any atom is -0.504 e. The number of thioether (sulfide) groups is 1. The minimum absolute atomic E-state index is 0.0798. The maximum atomic E-state index is 12.0. The average molecular weight is 452 g/mol. The van der Waals surface area contributed by atoms with Crippen molar-refractivity contribution in [1.82, 2.24) is 14.9 Å². The van der Waals surface area contributed by atoms with E-state index in [9.17, 15) is 14.7 Å². The highest BCUT2D eigenvalue weighted by Gasteiger charge is 2.32. The summed E-state index contributed by atoms with van der Waals surface area (Å²) in [4.78, 5) is 32.9. The van der Waals surface area contributed by atoms with Crippen molar-refractivity contribution in [3.8, 4) is 11.5 Å². The van der Waals surface area contributed by atoms with E-state index < -0.39 is 0 Å². The molecule has 1 aromatic heterocycles. The molecule has 2 heterocycles. The van der Waals surface area contributed by atoms with Gasteiger partial charge in [-0.15, -0.1) is 0 Å². The molecule has 3 rings (SSSR count). The third-order valence-corrected chi connectivity index (χ3v) is 5.23. The Hall–Kier alpha value is -2.63. The number of hydrogen-bond donors (Lipinski definition) is 3. The van der Waals surface area contributed by atoms with E-state index in [1.54, 1.807) is 12.1 Å². The summed E-state index contributed by atoms with van der Waals surface area (Å²) in [7, 11) is 1.42. The molecule has 0 unspecified atom stereocenters. The van der Waals surface area contributed by atoms with Crippen LogP contribution in [0.4, 0.5) is 10.7 Å². The molecule has 0 aliphatic carbocycles. The Kier molecular flexibility index (Phi) is 5.63. The van der Waals surface area contributed by atoms with Gasteiger partial charge in [-0.05, 0) is 35.5 Å². The number of rotatable bonds is 5. The Bertz CT molecular complexity index is 935. The summed E-state index contributed by atoms with van der Waals surface area (Å²) < 4.78 is 6.18. The molecule has 140 valence electrons. The van der Waals surface area contributed by atoms with E-state index in [1.807, 2.05) is 0 Å². The normalized spacial score (nSPS) is 15.5. The molecule has 9 nitrogen and oxygen atoms in total. The fourth-order valence-electron chi connectivity index (χ4n) is 2.14. The van der Waals surface area contributed by atoms with Gasteiger partial charge in [-0.25, -0.2) is 15.8 Å². The fourth-order valence-corrected chi connectivity index (χ4v) is 3.40. The van der Waals surface area contributed by atoms with Crippen LogP contribution in [0.5, 0.6) is 11.5 Å². The molecule has 27 heavy (non-hydrogen) atoms. The largest absolute Gasteiger partial charge is 0.504 e. The Labute approximate surface area is 166 Å². The van der Waals surface area contributed by atoms with E-state index in [2.05, 4.69) is 31.3 Å². The average Bonchev–Trinajstić information content (AvgIpc) is 2.90. The lowest BCUT2D eigenvalue weighted by Gasteiger charge is -2.10. The molecule has 11 heteroatoms. The molecule has 1 aliphatic rings. The maximum absolute atomic E-state index is 12.0. The quantitative estimate of drug-likeness (QED) is 0.356. The van der Waals surface area contributed by atoms with Gasteiger partial charge in [0.15, 0.2) is 11.5 Å². The molecule has 1 aliphatic heterocycles. The van der Waals surface area contributed by atoms with Gasteiger partial charge < -0.3 is 9.84 Å². The first-order valence-corrected chi connectivity index (χ1v) is 9.14. The van der Waals surface area contributed by atoms with Crippen LogP contribution in [0, 0.1) is 0 Å². The highest BCUT2D eigenvalue weighted by molar-refractivity contribution is 9.10. The number of likely N-dealkylation sites (N-methyl/N-ethyl adjacent to an activating group) is 1. The van der Waals surface area contributed by atoms with Crippen molar-refractivity contribution in [2.75, 3.05) is 12.5 Å². The molecule has 2 aromatic rings. The number of phenols is 1. The van der Waals surface area contributed by atoms with Gasteiger partial charge in [0.1, 0.15) is 6.61 Å². The van der Waals surface area contributed by atoms with Gasteiger partial charge in [-0.2, -0.15) is 0 Å². The van der Waals surface area contributed by atoms with Crippen LogP contribution >= 0.6 is 27.7 Å². The molecular formula is C16H14BrN5O4S. The monoisotopic (exact) mass is 451 g/mol. The first kappa shape index (κ1) is 19.1. The summed E-state index contributed by atoms with van der Waals surface area (Å²) in [6.07, 6.45) is 4.64. The second-order valence-corrected chi connectivity index (χ2v) is 7.28. The topological polar surface area (TPSA) is 131 Å². The summed E-state index contributed by atoms with van der Waals surface area (Å²) >= 11 is 4.18. The Morgan fingerprint density at radius 1 is 1.37 bits per heavy atom. The second kappa shape index (κ2) is 7.94. The number of hydrazine groups is 1. The summed E-state index contributed by atoms with van der Waals surface area (Å²) in [6.45, 7) is 0.116. The summed E-state index contributed by atoms with van der Waals surface area (Å²) in [5.41, 5.74) is 3.58. The molecule has 0 spiro atoms. The number of nitrogens with zero attached hydrogens (tertiary/aromatic N) is 3. The highest BCUT2D eigenvalue weighted by Crippen LogP contribution is 2.37. The zero-order valence-electron chi connectivity index (χ0n) is 14.0. The zero-order valence-corrected chi connectivity index (χ0v) is 16.4. The number of nitrogens with one attached hydrogen (secondary N) is 1. The van der Waals surface area contributed by atoms with Crippen molar-refractivity contribution in [2.45, 2.75) is 6.61 Å². The van der Waals surface area contributed by atoms with Gasteiger partial charge in [0.25, 0.3) is 11.1 Å². The van der Waals surface area contributed by atoms with Crippen molar-refractivity contribution in [1.29, 1.82) is 0 Å². The predicted molar refractivity (Wildman–Crippen MR) is 104 cm³/mol. The van der Waals surface area contributed by atoms with Crippen LogP contribution in [0.1, 0.15) is 11.1 Å². The maximum Gasteiger partial charge on any atom is 0.293 e. The number of aromatic hydroxyl groups is 1. The third kappa shape index (κ3) is 4.21. The number of carbonyl (C=O) groups is 2.